The molecule has 1 aromatic carbocycles. The van der Waals surface area contributed by atoms with Gasteiger partial charge < -0.3 is 5.11 Å². The maximum Gasteiger partial charge on any atom is 0.249 e. The van der Waals surface area contributed by atoms with Crippen LogP contribution in [0.5, 0.6) is 0 Å². The molecule has 120 valence electrons. The molecule has 2 heterocycles. The smallest absolute Gasteiger partial charge is 0.249 e. The fraction of sp³-hybridized carbons (Fsp3) is 0.333. The summed E-state index contributed by atoms with van der Waals surface area (Å²) in [5.41, 5.74) is 5.27. The third-order valence-electron chi connectivity index (χ3n) is 4.17. The summed E-state index contributed by atoms with van der Waals surface area (Å²) in [6, 6.07) is 8.22. The Morgan fingerprint density at radius 2 is 1.91 bits per heavy atom. The van der Waals surface area contributed by atoms with Crippen molar-refractivity contribution in [3.63, 3.8) is 0 Å². The lowest BCUT2D eigenvalue weighted by molar-refractivity contribution is -0.117. The summed E-state index contributed by atoms with van der Waals surface area (Å²) in [6.45, 7) is 6.55. The first-order valence-corrected chi connectivity index (χ1v) is 8.47. The van der Waals surface area contributed by atoms with Gasteiger partial charge in [0.05, 0.1) is 12.3 Å². The van der Waals surface area contributed by atoms with E-state index in [2.05, 4.69) is 50.0 Å². The van der Waals surface area contributed by atoms with Crippen molar-refractivity contribution < 1.29 is 9.90 Å². The van der Waals surface area contributed by atoms with Crippen LogP contribution in [0.4, 0.5) is 5.00 Å². The van der Waals surface area contributed by atoms with E-state index in [1.807, 2.05) is 0 Å². The standard InChI is InChI=1S/C18H20N2O2S/c1-11-4-6-14(7-5-11)17-16-12(2)13(3)23-18(16)20(8-9-21)15(22)10-19-17/h4-7,21H,8-10H2,1-3H3. The maximum absolute atomic E-state index is 12.4. The Labute approximate surface area is 140 Å². The summed E-state index contributed by atoms with van der Waals surface area (Å²) in [5.74, 6) is -0.0661. The van der Waals surface area contributed by atoms with E-state index in [-0.39, 0.29) is 19.1 Å². The van der Waals surface area contributed by atoms with E-state index < -0.39 is 0 Å². The highest BCUT2D eigenvalue weighted by molar-refractivity contribution is 7.17. The molecule has 0 aliphatic carbocycles. The molecule has 4 nitrogen and oxygen atoms in total. The normalized spacial score (nSPS) is 14.5. The second-order valence-electron chi connectivity index (χ2n) is 5.76. The van der Waals surface area contributed by atoms with Crippen molar-refractivity contribution in [3.8, 4) is 0 Å². The lowest BCUT2D eigenvalue weighted by atomic mass is 9.99. The number of β-amino-alcohol motifs (C(OH)–C–C–N with tert-alkyl or cyclic N) is 1. The predicted octanol–water partition coefficient (Wildman–Crippen LogP) is 2.85. The first-order valence-electron chi connectivity index (χ1n) is 7.66. The molecule has 0 bridgehead atoms. The number of nitrogens with zero attached hydrogens (tertiary/aromatic N) is 2. The quantitative estimate of drug-likeness (QED) is 0.942. The Bertz CT molecular complexity index is 775. The van der Waals surface area contributed by atoms with Gasteiger partial charge in [-0.3, -0.25) is 14.7 Å². The van der Waals surface area contributed by atoms with Crippen LogP contribution in [0.1, 0.15) is 27.1 Å². The minimum atomic E-state index is -0.0661. The first kappa shape index (κ1) is 15.9. The van der Waals surface area contributed by atoms with Crippen LogP contribution in [0.3, 0.4) is 0 Å². The van der Waals surface area contributed by atoms with Crippen LogP contribution in [-0.4, -0.2) is 36.4 Å². The number of rotatable bonds is 3. The molecule has 0 unspecified atom stereocenters. The molecule has 0 radical (unpaired) electrons. The number of carbonyl (C=O) groups is 1. The van der Waals surface area contributed by atoms with Crippen LogP contribution >= 0.6 is 11.3 Å². The lowest BCUT2D eigenvalue weighted by Crippen LogP contribution is -2.34. The van der Waals surface area contributed by atoms with E-state index in [0.717, 1.165) is 27.4 Å². The van der Waals surface area contributed by atoms with E-state index in [1.54, 1.807) is 16.2 Å². The number of anilines is 1. The van der Waals surface area contributed by atoms with Gasteiger partial charge in [-0.2, -0.15) is 0 Å². The highest BCUT2D eigenvalue weighted by Gasteiger charge is 2.29. The van der Waals surface area contributed by atoms with Gasteiger partial charge in [-0.25, -0.2) is 0 Å². The van der Waals surface area contributed by atoms with E-state index >= 15 is 0 Å². The van der Waals surface area contributed by atoms with Crippen molar-refractivity contribution in [3.05, 3.63) is 51.4 Å². The first-order chi connectivity index (χ1) is 11.0. The highest BCUT2D eigenvalue weighted by Crippen LogP contribution is 2.38. The molecular formula is C18H20N2O2S. The van der Waals surface area contributed by atoms with E-state index in [0.29, 0.717) is 6.54 Å². The second kappa shape index (κ2) is 6.26. The van der Waals surface area contributed by atoms with Gasteiger partial charge in [-0.15, -0.1) is 11.3 Å². The van der Waals surface area contributed by atoms with Gasteiger partial charge in [0, 0.05) is 22.5 Å². The summed E-state index contributed by atoms with van der Waals surface area (Å²) in [5, 5.41) is 10.2. The number of aliphatic hydroxyl groups is 1. The molecule has 0 atom stereocenters. The zero-order chi connectivity index (χ0) is 16.6. The van der Waals surface area contributed by atoms with Crippen molar-refractivity contribution in [1.29, 1.82) is 0 Å². The van der Waals surface area contributed by atoms with Gasteiger partial charge in [0.15, 0.2) is 0 Å². The summed E-state index contributed by atoms with van der Waals surface area (Å²) < 4.78 is 0. The van der Waals surface area contributed by atoms with Crippen molar-refractivity contribution in [2.24, 2.45) is 4.99 Å². The molecule has 1 N–H and O–H groups in total. The van der Waals surface area contributed by atoms with Crippen LogP contribution in [0.25, 0.3) is 0 Å². The molecule has 1 aliphatic rings. The Morgan fingerprint density at radius 3 is 2.57 bits per heavy atom. The van der Waals surface area contributed by atoms with Gasteiger partial charge >= 0.3 is 0 Å². The monoisotopic (exact) mass is 328 g/mol. The molecule has 1 aromatic heterocycles. The number of benzene rings is 1. The SMILES string of the molecule is Cc1ccc(C2=NCC(=O)N(CCO)c3sc(C)c(C)c32)cc1. The van der Waals surface area contributed by atoms with Crippen LogP contribution in [0, 0.1) is 20.8 Å². The summed E-state index contributed by atoms with van der Waals surface area (Å²) in [7, 11) is 0. The van der Waals surface area contributed by atoms with Crippen LogP contribution in [0.15, 0.2) is 29.3 Å². The average Bonchev–Trinajstić information content (AvgIpc) is 2.74. The van der Waals surface area contributed by atoms with Gasteiger partial charge in [-0.05, 0) is 26.3 Å². The molecule has 0 saturated heterocycles. The Hall–Kier alpha value is -1.98. The number of aliphatic imine (C=N–C) groups is 1. The molecular weight excluding hydrogens is 308 g/mol. The molecule has 0 spiro atoms. The van der Waals surface area contributed by atoms with E-state index in [1.165, 1.54) is 10.4 Å². The number of aryl methyl sites for hydroxylation is 2. The number of carbonyl (C=O) groups excluding carboxylic acids is 1. The number of fused-ring (bicyclic) bond motifs is 1. The fourth-order valence-electron chi connectivity index (χ4n) is 2.78. The number of aliphatic hydroxyl groups excluding tert-OH is 1. The van der Waals surface area contributed by atoms with Gasteiger partial charge in [0.25, 0.3) is 0 Å². The number of hydrogen-bond acceptors (Lipinski definition) is 4. The summed E-state index contributed by atoms with van der Waals surface area (Å²) >= 11 is 1.60. The Morgan fingerprint density at radius 1 is 1.22 bits per heavy atom. The Kier molecular flexibility index (Phi) is 4.33. The molecule has 2 aromatic rings. The molecule has 23 heavy (non-hydrogen) atoms. The van der Waals surface area contributed by atoms with Crippen molar-refractivity contribution in [2.75, 3.05) is 24.6 Å². The number of thiophene rings is 1. The van der Waals surface area contributed by atoms with Gasteiger partial charge in [-0.1, -0.05) is 29.8 Å². The molecule has 0 saturated carbocycles. The number of hydrogen-bond donors (Lipinski definition) is 1. The van der Waals surface area contributed by atoms with Gasteiger partial charge in [0.2, 0.25) is 5.91 Å². The third kappa shape index (κ3) is 2.82. The Balaban J connectivity index is 2.19. The maximum atomic E-state index is 12.4. The van der Waals surface area contributed by atoms with Crippen molar-refractivity contribution >= 4 is 28.0 Å². The molecule has 1 amide bonds. The van der Waals surface area contributed by atoms with Gasteiger partial charge in [0.1, 0.15) is 11.5 Å². The average molecular weight is 328 g/mol. The molecule has 0 fully saturated rings. The van der Waals surface area contributed by atoms with Crippen LogP contribution in [0.2, 0.25) is 0 Å². The fourth-order valence-corrected chi connectivity index (χ4v) is 3.98. The zero-order valence-electron chi connectivity index (χ0n) is 13.6. The molecule has 3 rings (SSSR count). The minimum absolute atomic E-state index is 0.0545. The molecule has 5 heteroatoms. The van der Waals surface area contributed by atoms with E-state index in [4.69, 9.17) is 0 Å². The minimum Gasteiger partial charge on any atom is -0.395 e. The van der Waals surface area contributed by atoms with Crippen LogP contribution < -0.4 is 4.90 Å². The number of amides is 1. The third-order valence-corrected chi connectivity index (χ3v) is 5.40. The van der Waals surface area contributed by atoms with Crippen molar-refractivity contribution in [2.45, 2.75) is 20.8 Å². The van der Waals surface area contributed by atoms with E-state index in [9.17, 15) is 9.90 Å². The second-order valence-corrected chi connectivity index (χ2v) is 6.97. The highest BCUT2D eigenvalue weighted by atomic mass is 32.1. The topological polar surface area (TPSA) is 52.9 Å². The largest absolute Gasteiger partial charge is 0.395 e. The van der Waals surface area contributed by atoms with Crippen molar-refractivity contribution in [1.82, 2.24) is 0 Å². The summed E-state index contributed by atoms with van der Waals surface area (Å²) in [4.78, 5) is 19.9. The lowest BCUT2D eigenvalue weighted by Gasteiger charge is -2.19. The molecule has 1 aliphatic heterocycles. The zero-order valence-corrected chi connectivity index (χ0v) is 14.4. The predicted molar refractivity (Wildman–Crippen MR) is 94.9 cm³/mol. The van der Waals surface area contributed by atoms with Crippen LogP contribution in [-0.2, 0) is 4.79 Å². The summed E-state index contributed by atoms with van der Waals surface area (Å²) in [6.07, 6.45) is 0.